The van der Waals surface area contributed by atoms with Gasteiger partial charge in [0.1, 0.15) is 5.82 Å². The van der Waals surface area contributed by atoms with Crippen LogP contribution in [0.15, 0.2) is 29.8 Å². The Morgan fingerprint density at radius 1 is 1.35 bits per heavy atom. The van der Waals surface area contributed by atoms with E-state index in [9.17, 15) is 9.18 Å². The van der Waals surface area contributed by atoms with E-state index < -0.39 is 0 Å². The summed E-state index contributed by atoms with van der Waals surface area (Å²) in [5.41, 5.74) is 1.48. The van der Waals surface area contributed by atoms with Crippen molar-refractivity contribution in [2.24, 2.45) is 5.92 Å². The standard InChI is InChI=1S/C16H21FN2O/c1-12(10-13-2-4-15(17)5-3-13)16(20)19-11-14-6-8-18-9-7-14/h2-5,10,14,18H,6-9,11H2,1H3,(H,19,20)/b12-10+. The van der Waals surface area contributed by atoms with Gasteiger partial charge in [-0.25, -0.2) is 4.39 Å². The van der Waals surface area contributed by atoms with Crippen LogP contribution in [0, 0.1) is 11.7 Å². The minimum atomic E-state index is -0.268. The van der Waals surface area contributed by atoms with E-state index in [4.69, 9.17) is 0 Å². The highest BCUT2D eigenvalue weighted by Crippen LogP contribution is 2.11. The first-order valence-electron chi connectivity index (χ1n) is 7.08. The molecular formula is C16H21FN2O. The number of benzene rings is 1. The molecule has 20 heavy (non-hydrogen) atoms. The molecular weight excluding hydrogens is 255 g/mol. The van der Waals surface area contributed by atoms with Crippen molar-refractivity contribution < 1.29 is 9.18 Å². The summed E-state index contributed by atoms with van der Waals surface area (Å²) in [6.45, 7) is 4.58. The smallest absolute Gasteiger partial charge is 0.246 e. The molecule has 0 saturated carbocycles. The summed E-state index contributed by atoms with van der Waals surface area (Å²) in [6, 6.07) is 6.12. The molecule has 0 atom stereocenters. The molecule has 0 bridgehead atoms. The minimum Gasteiger partial charge on any atom is -0.352 e. The molecule has 4 heteroatoms. The third-order valence-electron chi connectivity index (χ3n) is 3.62. The predicted molar refractivity (Wildman–Crippen MR) is 78.7 cm³/mol. The molecule has 0 spiro atoms. The number of amides is 1. The summed E-state index contributed by atoms with van der Waals surface area (Å²) >= 11 is 0. The molecule has 1 heterocycles. The lowest BCUT2D eigenvalue weighted by molar-refractivity contribution is -0.117. The predicted octanol–water partition coefficient (Wildman–Crippen LogP) is 2.34. The number of carbonyl (C=O) groups is 1. The van der Waals surface area contributed by atoms with Crippen molar-refractivity contribution in [1.82, 2.24) is 10.6 Å². The van der Waals surface area contributed by atoms with E-state index in [1.54, 1.807) is 25.1 Å². The molecule has 1 fully saturated rings. The second kappa shape index (κ2) is 7.20. The van der Waals surface area contributed by atoms with Crippen molar-refractivity contribution in [2.75, 3.05) is 19.6 Å². The zero-order valence-electron chi connectivity index (χ0n) is 11.8. The molecule has 1 aliphatic heterocycles. The van der Waals surface area contributed by atoms with Gasteiger partial charge >= 0.3 is 0 Å². The topological polar surface area (TPSA) is 41.1 Å². The van der Waals surface area contributed by atoms with Gasteiger partial charge in [-0.1, -0.05) is 12.1 Å². The van der Waals surface area contributed by atoms with Gasteiger partial charge in [0, 0.05) is 12.1 Å². The van der Waals surface area contributed by atoms with Crippen LogP contribution in [-0.4, -0.2) is 25.5 Å². The Bertz CT molecular complexity index is 476. The Morgan fingerprint density at radius 3 is 2.65 bits per heavy atom. The van der Waals surface area contributed by atoms with Crippen molar-refractivity contribution in [2.45, 2.75) is 19.8 Å². The number of hydrogen-bond acceptors (Lipinski definition) is 2. The van der Waals surface area contributed by atoms with E-state index in [0.717, 1.165) is 38.0 Å². The monoisotopic (exact) mass is 276 g/mol. The van der Waals surface area contributed by atoms with Gasteiger partial charge in [0.25, 0.3) is 0 Å². The first-order chi connectivity index (χ1) is 9.65. The van der Waals surface area contributed by atoms with E-state index in [2.05, 4.69) is 10.6 Å². The van der Waals surface area contributed by atoms with E-state index in [0.29, 0.717) is 11.5 Å². The molecule has 0 radical (unpaired) electrons. The van der Waals surface area contributed by atoms with Crippen molar-refractivity contribution >= 4 is 12.0 Å². The Kier molecular flexibility index (Phi) is 5.30. The van der Waals surface area contributed by atoms with Gasteiger partial charge in [0.15, 0.2) is 0 Å². The molecule has 1 aromatic rings. The van der Waals surface area contributed by atoms with Gasteiger partial charge in [0.05, 0.1) is 0 Å². The zero-order valence-corrected chi connectivity index (χ0v) is 11.8. The fourth-order valence-electron chi connectivity index (χ4n) is 2.34. The lowest BCUT2D eigenvalue weighted by atomic mass is 9.98. The fraction of sp³-hybridized carbons (Fsp3) is 0.438. The van der Waals surface area contributed by atoms with Crippen LogP contribution in [0.3, 0.4) is 0 Å². The quantitative estimate of drug-likeness (QED) is 0.829. The Labute approximate surface area is 119 Å². The molecule has 1 amide bonds. The number of piperidine rings is 1. The van der Waals surface area contributed by atoms with E-state index in [-0.39, 0.29) is 11.7 Å². The van der Waals surface area contributed by atoms with Crippen molar-refractivity contribution in [3.63, 3.8) is 0 Å². The van der Waals surface area contributed by atoms with E-state index in [1.165, 1.54) is 12.1 Å². The van der Waals surface area contributed by atoms with Gasteiger partial charge in [0.2, 0.25) is 5.91 Å². The third-order valence-corrected chi connectivity index (χ3v) is 3.62. The highest BCUT2D eigenvalue weighted by molar-refractivity contribution is 5.97. The van der Waals surface area contributed by atoms with Gasteiger partial charge in [-0.3, -0.25) is 4.79 Å². The van der Waals surface area contributed by atoms with E-state index >= 15 is 0 Å². The normalized spacial score (nSPS) is 17.0. The molecule has 1 aliphatic rings. The molecule has 1 saturated heterocycles. The summed E-state index contributed by atoms with van der Waals surface area (Å²) in [6.07, 6.45) is 4.00. The van der Waals surface area contributed by atoms with E-state index in [1.807, 2.05) is 0 Å². The number of carbonyl (C=O) groups excluding carboxylic acids is 1. The van der Waals surface area contributed by atoms with Crippen LogP contribution >= 0.6 is 0 Å². The van der Waals surface area contributed by atoms with Gasteiger partial charge in [-0.05, 0) is 62.5 Å². The lowest BCUT2D eigenvalue weighted by Crippen LogP contribution is -2.36. The summed E-state index contributed by atoms with van der Waals surface area (Å²) in [4.78, 5) is 12.0. The summed E-state index contributed by atoms with van der Waals surface area (Å²) in [7, 11) is 0. The van der Waals surface area contributed by atoms with Gasteiger partial charge in [-0.2, -0.15) is 0 Å². The number of nitrogens with one attached hydrogen (secondary N) is 2. The second-order valence-electron chi connectivity index (χ2n) is 5.28. The first kappa shape index (κ1) is 14.7. The lowest BCUT2D eigenvalue weighted by Gasteiger charge is -2.22. The molecule has 1 aromatic carbocycles. The van der Waals surface area contributed by atoms with Crippen molar-refractivity contribution in [3.8, 4) is 0 Å². The van der Waals surface area contributed by atoms with Crippen LogP contribution in [0.1, 0.15) is 25.3 Å². The minimum absolute atomic E-state index is 0.0483. The molecule has 2 N–H and O–H groups in total. The van der Waals surface area contributed by atoms with Crippen LogP contribution in [0.4, 0.5) is 4.39 Å². The van der Waals surface area contributed by atoms with Crippen molar-refractivity contribution in [1.29, 1.82) is 0 Å². The maximum absolute atomic E-state index is 12.8. The number of hydrogen-bond donors (Lipinski definition) is 2. The van der Waals surface area contributed by atoms with Crippen LogP contribution in [0.5, 0.6) is 0 Å². The summed E-state index contributed by atoms with van der Waals surface area (Å²) in [5.74, 6) is 0.252. The molecule has 108 valence electrons. The summed E-state index contributed by atoms with van der Waals surface area (Å²) < 4.78 is 12.8. The summed E-state index contributed by atoms with van der Waals surface area (Å²) in [5, 5.41) is 6.28. The molecule has 0 unspecified atom stereocenters. The second-order valence-corrected chi connectivity index (χ2v) is 5.28. The first-order valence-corrected chi connectivity index (χ1v) is 7.08. The molecule has 0 aliphatic carbocycles. The Hall–Kier alpha value is -1.68. The van der Waals surface area contributed by atoms with Crippen LogP contribution in [-0.2, 0) is 4.79 Å². The SMILES string of the molecule is C/C(=C\c1ccc(F)cc1)C(=O)NCC1CCNCC1. The van der Waals surface area contributed by atoms with Crippen LogP contribution in [0.2, 0.25) is 0 Å². The van der Waals surface area contributed by atoms with Crippen molar-refractivity contribution in [3.05, 3.63) is 41.2 Å². The molecule has 0 aromatic heterocycles. The molecule has 2 rings (SSSR count). The highest BCUT2D eigenvalue weighted by Gasteiger charge is 2.14. The maximum atomic E-state index is 12.8. The Balaban J connectivity index is 1.86. The van der Waals surface area contributed by atoms with Crippen LogP contribution in [0.25, 0.3) is 6.08 Å². The average molecular weight is 276 g/mol. The maximum Gasteiger partial charge on any atom is 0.246 e. The largest absolute Gasteiger partial charge is 0.352 e. The van der Waals surface area contributed by atoms with Gasteiger partial charge in [-0.15, -0.1) is 0 Å². The van der Waals surface area contributed by atoms with Gasteiger partial charge < -0.3 is 10.6 Å². The third kappa shape index (κ3) is 4.46. The highest BCUT2D eigenvalue weighted by atomic mass is 19.1. The average Bonchev–Trinajstić information content (AvgIpc) is 2.48. The molecule has 3 nitrogen and oxygen atoms in total. The number of rotatable bonds is 4. The number of halogens is 1. The van der Waals surface area contributed by atoms with Crippen LogP contribution < -0.4 is 10.6 Å². The Morgan fingerprint density at radius 2 is 2.00 bits per heavy atom. The zero-order chi connectivity index (χ0) is 14.4. The fourth-order valence-corrected chi connectivity index (χ4v) is 2.34.